The van der Waals surface area contributed by atoms with Crippen molar-refractivity contribution in [2.24, 2.45) is 5.73 Å². The molecule has 1 unspecified atom stereocenters. The molecule has 0 fully saturated rings. The molecule has 4 nitrogen and oxygen atoms in total. The third kappa shape index (κ3) is 6.82. The highest BCUT2D eigenvalue weighted by molar-refractivity contribution is 5.85. The lowest BCUT2D eigenvalue weighted by Gasteiger charge is -2.23. The summed E-state index contributed by atoms with van der Waals surface area (Å²) in [5.41, 5.74) is 6.42. The van der Waals surface area contributed by atoms with Gasteiger partial charge in [0.05, 0.1) is 5.54 Å². The van der Waals surface area contributed by atoms with Crippen LogP contribution >= 0.6 is 12.4 Å². The van der Waals surface area contributed by atoms with E-state index in [4.69, 9.17) is 5.73 Å². The molecular formula is C16H28ClN3O. The van der Waals surface area contributed by atoms with Gasteiger partial charge in [-0.3, -0.25) is 4.79 Å². The van der Waals surface area contributed by atoms with Gasteiger partial charge >= 0.3 is 0 Å². The van der Waals surface area contributed by atoms with Crippen molar-refractivity contribution < 1.29 is 4.79 Å². The third-order valence-electron chi connectivity index (χ3n) is 3.44. The van der Waals surface area contributed by atoms with Crippen molar-refractivity contribution >= 4 is 24.0 Å². The minimum Gasteiger partial charge on any atom is -0.375 e. The molecule has 0 bridgehead atoms. The fraction of sp³-hybridized carbons (Fsp3) is 0.562. The highest BCUT2D eigenvalue weighted by Gasteiger charge is 2.26. The average molecular weight is 314 g/mol. The molecular weight excluding hydrogens is 286 g/mol. The van der Waals surface area contributed by atoms with Crippen LogP contribution in [0.1, 0.15) is 33.1 Å². The number of nitrogens with zero attached hydrogens (tertiary/aromatic N) is 1. The number of amides is 1. The number of halogens is 1. The second kappa shape index (κ2) is 9.64. The molecule has 0 aromatic heterocycles. The zero-order valence-electron chi connectivity index (χ0n) is 13.3. The third-order valence-corrected chi connectivity index (χ3v) is 3.44. The fourth-order valence-corrected chi connectivity index (χ4v) is 2.16. The molecule has 1 amide bonds. The van der Waals surface area contributed by atoms with Crippen molar-refractivity contribution in [3.05, 3.63) is 30.3 Å². The summed E-state index contributed by atoms with van der Waals surface area (Å²) in [6, 6.07) is 10.2. The van der Waals surface area contributed by atoms with Crippen LogP contribution in [-0.2, 0) is 4.79 Å². The summed E-state index contributed by atoms with van der Waals surface area (Å²) in [4.78, 5) is 14.1. The highest BCUT2D eigenvalue weighted by Crippen LogP contribution is 2.11. The van der Waals surface area contributed by atoms with Gasteiger partial charge < -0.3 is 16.0 Å². The van der Waals surface area contributed by atoms with Gasteiger partial charge in [-0.1, -0.05) is 31.5 Å². The maximum Gasteiger partial charge on any atom is 0.239 e. The maximum absolute atomic E-state index is 11.9. The lowest BCUT2D eigenvalue weighted by Crippen LogP contribution is -2.51. The monoisotopic (exact) mass is 313 g/mol. The van der Waals surface area contributed by atoms with Crippen LogP contribution in [0.2, 0.25) is 0 Å². The van der Waals surface area contributed by atoms with Gasteiger partial charge in [0.25, 0.3) is 0 Å². The standard InChI is InChI=1S/C16H27N3O.ClH/c1-4-11-16(2,17)15(20)18-12-8-13-19(3)14-9-6-5-7-10-14;/h5-7,9-10H,4,8,11-13,17H2,1-3H3,(H,18,20);1H. The van der Waals surface area contributed by atoms with Crippen molar-refractivity contribution in [3.8, 4) is 0 Å². The number of rotatable bonds is 8. The van der Waals surface area contributed by atoms with Crippen LogP contribution in [0.3, 0.4) is 0 Å². The minimum absolute atomic E-state index is 0. The molecule has 21 heavy (non-hydrogen) atoms. The minimum atomic E-state index is -0.750. The van der Waals surface area contributed by atoms with Gasteiger partial charge in [0, 0.05) is 25.8 Å². The van der Waals surface area contributed by atoms with E-state index in [-0.39, 0.29) is 18.3 Å². The Morgan fingerprint density at radius 3 is 2.52 bits per heavy atom. The molecule has 0 saturated carbocycles. The predicted octanol–water partition coefficient (Wildman–Crippen LogP) is 2.57. The van der Waals surface area contributed by atoms with E-state index in [1.54, 1.807) is 6.92 Å². The van der Waals surface area contributed by atoms with Crippen LogP contribution in [0.25, 0.3) is 0 Å². The number of hydrogen-bond donors (Lipinski definition) is 2. The van der Waals surface area contributed by atoms with Crippen LogP contribution in [0.15, 0.2) is 30.3 Å². The number of carbonyl (C=O) groups excluding carboxylic acids is 1. The average Bonchev–Trinajstić information content (AvgIpc) is 2.44. The zero-order valence-corrected chi connectivity index (χ0v) is 14.1. The molecule has 1 aromatic carbocycles. The Kier molecular flexibility index (Phi) is 9.06. The van der Waals surface area contributed by atoms with E-state index in [0.717, 1.165) is 19.4 Å². The predicted molar refractivity (Wildman–Crippen MR) is 92.1 cm³/mol. The summed E-state index contributed by atoms with van der Waals surface area (Å²) in [5, 5.41) is 2.92. The second-order valence-corrected chi connectivity index (χ2v) is 5.53. The first-order valence-corrected chi connectivity index (χ1v) is 7.30. The van der Waals surface area contributed by atoms with Gasteiger partial charge in [-0.15, -0.1) is 12.4 Å². The highest BCUT2D eigenvalue weighted by atomic mass is 35.5. The fourth-order valence-electron chi connectivity index (χ4n) is 2.16. The zero-order chi connectivity index (χ0) is 15.0. The van der Waals surface area contributed by atoms with E-state index in [1.807, 2.05) is 25.1 Å². The molecule has 0 saturated heterocycles. The SMILES string of the molecule is CCCC(C)(N)C(=O)NCCCN(C)c1ccccc1.Cl. The lowest BCUT2D eigenvalue weighted by molar-refractivity contribution is -0.126. The molecule has 3 N–H and O–H groups in total. The Morgan fingerprint density at radius 2 is 1.95 bits per heavy atom. The first kappa shape index (κ1) is 19.7. The maximum atomic E-state index is 11.9. The number of nitrogens with two attached hydrogens (primary N) is 1. The number of hydrogen-bond acceptors (Lipinski definition) is 3. The smallest absolute Gasteiger partial charge is 0.239 e. The Labute approximate surface area is 134 Å². The molecule has 1 aromatic rings. The van der Waals surface area contributed by atoms with Gasteiger partial charge in [-0.2, -0.15) is 0 Å². The summed E-state index contributed by atoms with van der Waals surface area (Å²) in [6.07, 6.45) is 2.53. The van der Waals surface area contributed by atoms with Crippen LogP contribution in [-0.4, -0.2) is 31.6 Å². The Hall–Kier alpha value is -1.26. The number of nitrogens with one attached hydrogen (secondary N) is 1. The van der Waals surface area contributed by atoms with E-state index in [0.29, 0.717) is 13.0 Å². The van der Waals surface area contributed by atoms with Gasteiger partial charge in [-0.05, 0) is 31.9 Å². The summed E-state index contributed by atoms with van der Waals surface area (Å²) in [6.45, 7) is 5.39. The van der Waals surface area contributed by atoms with Crippen molar-refractivity contribution in [2.75, 3.05) is 25.0 Å². The Morgan fingerprint density at radius 1 is 1.33 bits per heavy atom. The normalized spacial score (nSPS) is 13.0. The molecule has 5 heteroatoms. The van der Waals surface area contributed by atoms with E-state index < -0.39 is 5.54 Å². The number of para-hydroxylation sites is 1. The van der Waals surface area contributed by atoms with Gasteiger partial charge in [-0.25, -0.2) is 0 Å². The molecule has 1 atom stereocenters. The Bertz CT molecular complexity index is 409. The van der Waals surface area contributed by atoms with Crippen LogP contribution in [0.5, 0.6) is 0 Å². The van der Waals surface area contributed by atoms with E-state index in [2.05, 4.69) is 29.4 Å². The molecule has 0 spiro atoms. The first-order chi connectivity index (χ1) is 9.47. The Balaban J connectivity index is 0.00000400. The molecule has 0 aliphatic carbocycles. The molecule has 0 radical (unpaired) electrons. The molecule has 1 rings (SSSR count). The topological polar surface area (TPSA) is 58.4 Å². The van der Waals surface area contributed by atoms with Crippen LogP contribution in [0, 0.1) is 0 Å². The summed E-state index contributed by atoms with van der Waals surface area (Å²) >= 11 is 0. The summed E-state index contributed by atoms with van der Waals surface area (Å²) in [5.74, 6) is -0.0540. The van der Waals surface area contributed by atoms with E-state index in [1.165, 1.54) is 5.69 Å². The van der Waals surface area contributed by atoms with Gasteiger partial charge in [0.1, 0.15) is 0 Å². The molecule has 0 aliphatic heterocycles. The van der Waals surface area contributed by atoms with Crippen LogP contribution < -0.4 is 16.0 Å². The molecule has 0 aliphatic rings. The molecule has 0 heterocycles. The van der Waals surface area contributed by atoms with E-state index in [9.17, 15) is 4.79 Å². The number of anilines is 1. The van der Waals surface area contributed by atoms with Crippen LogP contribution in [0.4, 0.5) is 5.69 Å². The van der Waals surface area contributed by atoms with Crippen molar-refractivity contribution in [1.82, 2.24) is 5.32 Å². The van der Waals surface area contributed by atoms with Crippen molar-refractivity contribution in [2.45, 2.75) is 38.6 Å². The quantitative estimate of drug-likeness (QED) is 0.725. The lowest BCUT2D eigenvalue weighted by atomic mass is 9.96. The van der Waals surface area contributed by atoms with E-state index >= 15 is 0 Å². The summed E-state index contributed by atoms with van der Waals surface area (Å²) < 4.78 is 0. The number of benzene rings is 1. The van der Waals surface area contributed by atoms with Crippen molar-refractivity contribution in [1.29, 1.82) is 0 Å². The second-order valence-electron chi connectivity index (χ2n) is 5.53. The first-order valence-electron chi connectivity index (χ1n) is 7.30. The van der Waals surface area contributed by atoms with Crippen molar-refractivity contribution in [3.63, 3.8) is 0 Å². The largest absolute Gasteiger partial charge is 0.375 e. The molecule has 120 valence electrons. The summed E-state index contributed by atoms with van der Waals surface area (Å²) in [7, 11) is 2.06. The number of carbonyl (C=O) groups is 1. The van der Waals surface area contributed by atoms with Gasteiger partial charge in [0.2, 0.25) is 5.91 Å². The van der Waals surface area contributed by atoms with Gasteiger partial charge in [0.15, 0.2) is 0 Å².